The van der Waals surface area contributed by atoms with Gasteiger partial charge in [0.2, 0.25) is 11.2 Å². The zero-order chi connectivity index (χ0) is 12.1. The van der Waals surface area contributed by atoms with Crippen LogP contribution in [0, 0.1) is 0 Å². The monoisotopic (exact) mass is 242 g/mol. The first-order chi connectivity index (χ1) is 7.51. The lowest BCUT2D eigenvalue weighted by molar-refractivity contribution is 0.222. The maximum atomic E-state index is 5.75. The van der Waals surface area contributed by atoms with Gasteiger partial charge in [0.05, 0.1) is 6.10 Å². The standard InChI is InChI=1S/C10H15ClN4O/c1-5-7(4)12-9-13-8(11)14-10(15-9)16-6(2)3/h5-7H,1H2,2-4H3,(H,12,13,14,15). The van der Waals surface area contributed by atoms with Gasteiger partial charge in [0.1, 0.15) is 0 Å². The number of anilines is 1. The first-order valence-corrected chi connectivity index (χ1v) is 5.36. The Balaban J connectivity index is 2.85. The number of ether oxygens (including phenoxy) is 1. The summed E-state index contributed by atoms with van der Waals surface area (Å²) in [6.45, 7) is 9.35. The van der Waals surface area contributed by atoms with Crippen LogP contribution in [-0.4, -0.2) is 27.1 Å². The number of rotatable bonds is 5. The van der Waals surface area contributed by atoms with Gasteiger partial charge >= 0.3 is 6.01 Å². The molecule has 1 atom stereocenters. The highest BCUT2D eigenvalue weighted by atomic mass is 35.5. The Hall–Kier alpha value is -1.36. The molecular weight excluding hydrogens is 228 g/mol. The maximum Gasteiger partial charge on any atom is 0.322 e. The second-order valence-corrected chi connectivity index (χ2v) is 3.88. The Morgan fingerprint density at radius 2 is 2.00 bits per heavy atom. The third kappa shape index (κ3) is 4.02. The van der Waals surface area contributed by atoms with Crippen LogP contribution in [-0.2, 0) is 0 Å². The molecule has 1 aromatic rings. The number of hydrogen-bond donors (Lipinski definition) is 1. The lowest BCUT2D eigenvalue weighted by Gasteiger charge is -2.11. The van der Waals surface area contributed by atoms with Crippen molar-refractivity contribution in [2.75, 3.05) is 5.32 Å². The fourth-order valence-corrected chi connectivity index (χ4v) is 1.07. The van der Waals surface area contributed by atoms with E-state index in [1.54, 1.807) is 6.08 Å². The fourth-order valence-electron chi connectivity index (χ4n) is 0.923. The highest BCUT2D eigenvalue weighted by Crippen LogP contribution is 2.13. The second-order valence-electron chi connectivity index (χ2n) is 3.55. The summed E-state index contributed by atoms with van der Waals surface area (Å²) in [5.41, 5.74) is 0. The van der Waals surface area contributed by atoms with Crippen molar-refractivity contribution >= 4 is 17.5 Å². The molecular formula is C10H15ClN4O. The van der Waals surface area contributed by atoms with Crippen LogP contribution in [0.1, 0.15) is 20.8 Å². The first kappa shape index (κ1) is 12.7. The molecule has 0 aliphatic carbocycles. The zero-order valence-corrected chi connectivity index (χ0v) is 10.3. The van der Waals surface area contributed by atoms with Crippen molar-refractivity contribution in [3.63, 3.8) is 0 Å². The Bertz CT molecular complexity index is 370. The van der Waals surface area contributed by atoms with Gasteiger partial charge in [0, 0.05) is 6.04 Å². The Kier molecular flexibility index (Phi) is 4.49. The minimum Gasteiger partial charge on any atom is -0.461 e. The molecule has 0 saturated carbocycles. The van der Waals surface area contributed by atoms with Crippen LogP contribution in [0.2, 0.25) is 5.28 Å². The first-order valence-electron chi connectivity index (χ1n) is 4.98. The van der Waals surface area contributed by atoms with Crippen LogP contribution in [0.3, 0.4) is 0 Å². The Morgan fingerprint density at radius 1 is 1.31 bits per heavy atom. The van der Waals surface area contributed by atoms with Gasteiger partial charge in [-0.3, -0.25) is 0 Å². The second kappa shape index (κ2) is 5.65. The summed E-state index contributed by atoms with van der Waals surface area (Å²) < 4.78 is 5.34. The van der Waals surface area contributed by atoms with Crippen LogP contribution >= 0.6 is 11.6 Å². The van der Waals surface area contributed by atoms with Gasteiger partial charge in [0.25, 0.3) is 0 Å². The predicted octanol–water partition coefficient (Wildman–Crippen LogP) is 2.30. The molecule has 1 rings (SSSR count). The molecule has 0 aliphatic heterocycles. The fraction of sp³-hybridized carbons (Fsp3) is 0.500. The van der Waals surface area contributed by atoms with Gasteiger partial charge in [-0.05, 0) is 32.4 Å². The van der Waals surface area contributed by atoms with Crippen molar-refractivity contribution in [3.05, 3.63) is 17.9 Å². The molecule has 0 aliphatic rings. The smallest absolute Gasteiger partial charge is 0.322 e. The molecule has 6 heteroatoms. The van der Waals surface area contributed by atoms with E-state index in [0.717, 1.165) is 0 Å². The van der Waals surface area contributed by atoms with E-state index in [0.29, 0.717) is 5.95 Å². The molecule has 5 nitrogen and oxygen atoms in total. The van der Waals surface area contributed by atoms with Crippen LogP contribution in [0.5, 0.6) is 6.01 Å². The predicted molar refractivity (Wildman–Crippen MR) is 63.9 cm³/mol. The summed E-state index contributed by atoms with van der Waals surface area (Å²) in [6, 6.07) is 0.263. The summed E-state index contributed by atoms with van der Waals surface area (Å²) in [7, 11) is 0. The molecule has 88 valence electrons. The van der Waals surface area contributed by atoms with E-state index < -0.39 is 0 Å². The molecule has 0 amide bonds. The quantitative estimate of drug-likeness (QED) is 0.803. The molecule has 1 aromatic heterocycles. The summed E-state index contributed by atoms with van der Waals surface area (Å²) in [5, 5.41) is 3.10. The SMILES string of the molecule is C=CC(C)Nc1nc(Cl)nc(OC(C)C)n1. The molecule has 0 saturated heterocycles. The van der Waals surface area contributed by atoms with Gasteiger partial charge in [0.15, 0.2) is 0 Å². The van der Waals surface area contributed by atoms with Crippen molar-refractivity contribution in [1.29, 1.82) is 0 Å². The molecule has 0 bridgehead atoms. The van der Waals surface area contributed by atoms with Crippen molar-refractivity contribution in [2.45, 2.75) is 32.9 Å². The van der Waals surface area contributed by atoms with Crippen molar-refractivity contribution in [3.8, 4) is 6.01 Å². The van der Waals surface area contributed by atoms with E-state index >= 15 is 0 Å². The minimum atomic E-state index is -0.0110. The lowest BCUT2D eigenvalue weighted by Crippen LogP contribution is -2.16. The van der Waals surface area contributed by atoms with Gasteiger partial charge in [-0.15, -0.1) is 6.58 Å². The van der Waals surface area contributed by atoms with Crippen molar-refractivity contribution in [1.82, 2.24) is 15.0 Å². The highest BCUT2D eigenvalue weighted by Gasteiger charge is 2.08. The molecule has 16 heavy (non-hydrogen) atoms. The highest BCUT2D eigenvalue weighted by molar-refractivity contribution is 6.28. The molecule has 0 radical (unpaired) electrons. The van der Waals surface area contributed by atoms with Crippen LogP contribution < -0.4 is 10.1 Å². The average molecular weight is 243 g/mol. The third-order valence-corrected chi connectivity index (χ3v) is 1.81. The summed E-state index contributed by atoms with van der Waals surface area (Å²) in [6.07, 6.45) is 1.73. The third-order valence-electron chi connectivity index (χ3n) is 1.64. The lowest BCUT2D eigenvalue weighted by atomic mass is 10.3. The van der Waals surface area contributed by atoms with Crippen molar-refractivity contribution in [2.24, 2.45) is 0 Å². The van der Waals surface area contributed by atoms with E-state index in [-0.39, 0.29) is 23.4 Å². The average Bonchev–Trinajstić information content (AvgIpc) is 2.15. The normalized spacial score (nSPS) is 12.3. The van der Waals surface area contributed by atoms with Gasteiger partial charge in [-0.25, -0.2) is 0 Å². The molecule has 0 fully saturated rings. The number of aromatic nitrogens is 3. The number of nitrogens with one attached hydrogen (secondary N) is 1. The number of nitrogens with zero attached hydrogens (tertiary/aromatic N) is 3. The van der Waals surface area contributed by atoms with Crippen LogP contribution in [0.25, 0.3) is 0 Å². The minimum absolute atomic E-state index is 0.0110. The topological polar surface area (TPSA) is 59.9 Å². The summed E-state index contributed by atoms with van der Waals surface area (Å²) >= 11 is 5.75. The van der Waals surface area contributed by atoms with Crippen LogP contribution in [0.15, 0.2) is 12.7 Å². The largest absolute Gasteiger partial charge is 0.461 e. The summed E-state index contributed by atoms with van der Waals surface area (Å²) in [5.74, 6) is 0.378. The van der Waals surface area contributed by atoms with E-state index in [1.165, 1.54) is 0 Å². The Morgan fingerprint density at radius 3 is 2.56 bits per heavy atom. The summed E-state index contributed by atoms with van der Waals surface area (Å²) in [4.78, 5) is 11.9. The number of halogens is 1. The van der Waals surface area contributed by atoms with Crippen LogP contribution in [0.4, 0.5) is 5.95 Å². The molecule has 1 heterocycles. The molecule has 0 aromatic carbocycles. The Labute approximate surface area is 99.9 Å². The van der Waals surface area contributed by atoms with E-state index in [4.69, 9.17) is 16.3 Å². The zero-order valence-electron chi connectivity index (χ0n) is 9.57. The molecule has 1 unspecified atom stereocenters. The van der Waals surface area contributed by atoms with Gasteiger partial charge in [-0.1, -0.05) is 6.08 Å². The van der Waals surface area contributed by atoms with Gasteiger partial charge in [-0.2, -0.15) is 15.0 Å². The molecule has 0 spiro atoms. The van der Waals surface area contributed by atoms with E-state index in [9.17, 15) is 0 Å². The van der Waals surface area contributed by atoms with E-state index in [1.807, 2.05) is 20.8 Å². The van der Waals surface area contributed by atoms with Gasteiger partial charge < -0.3 is 10.1 Å². The molecule has 1 N–H and O–H groups in total. The number of hydrogen-bond acceptors (Lipinski definition) is 5. The van der Waals surface area contributed by atoms with Crippen molar-refractivity contribution < 1.29 is 4.74 Å². The van der Waals surface area contributed by atoms with E-state index in [2.05, 4.69) is 26.8 Å². The maximum absolute atomic E-state index is 5.75.